The second-order valence-corrected chi connectivity index (χ2v) is 7.00. The van der Waals surface area contributed by atoms with Crippen molar-refractivity contribution in [1.29, 1.82) is 0 Å². The number of anilines is 1. The van der Waals surface area contributed by atoms with E-state index in [-0.39, 0.29) is 6.42 Å². The molecule has 29 heavy (non-hydrogen) atoms. The zero-order valence-electron chi connectivity index (χ0n) is 16.4. The van der Waals surface area contributed by atoms with Crippen molar-refractivity contribution >= 4 is 39.6 Å². The molecule has 0 heterocycles. The van der Waals surface area contributed by atoms with Crippen LogP contribution in [0.4, 0.5) is 5.69 Å². The van der Waals surface area contributed by atoms with Gasteiger partial charge in [-0.15, -0.1) is 0 Å². The van der Waals surface area contributed by atoms with Gasteiger partial charge in [-0.2, -0.15) is 5.10 Å². The third kappa shape index (κ3) is 7.95. The Morgan fingerprint density at radius 3 is 2.72 bits per heavy atom. The van der Waals surface area contributed by atoms with E-state index in [4.69, 9.17) is 9.47 Å². The molecule has 0 spiro atoms. The first kappa shape index (κ1) is 22.4. The van der Waals surface area contributed by atoms with Crippen molar-refractivity contribution in [2.45, 2.75) is 26.2 Å². The van der Waals surface area contributed by atoms with Gasteiger partial charge in [0.25, 0.3) is 0 Å². The predicted octanol–water partition coefficient (Wildman–Crippen LogP) is 4.12. The van der Waals surface area contributed by atoms with Gasteiger partial charge in [-0.1, -0.05) is 19.4 Å². The second kappa shape index (κ2) is 11.9. The van der Waals surface area contributed by atoms with Gasteiger partial charge >= 0.3 is 0 Å². The summed E-state index contributed by atoms with van der Waals surface area (Å²) in [7, 11) is 1.54. The first-order valence-corrected chi connectivity index (χ1v) is 9.99. The first-order chi connectivity index (χ1) is 14.0. The predicted molar refractivity (Wildman–Crippen MR) is 117 cm³/mol. The number of nitrogens with zero attached hydrogens (tertiary/aromatic N) is 1. The fourth-order valence-electron chi connectivity index (χ4n) is 2.31. The molecule has 2 amide bonds. The molecule has 2 rings (SSSR count). The molecule has 2 aromatic rings. The number of methoxy groups -OCH3 is 1. The van der Waals surface area contributed by atoms with Gasteiger partial charge in [-0.25, -0.2) is 5.43 Å². The number of carbonyl (C=O) groups excluding carboxylic acids is 2. The quantitative estimate of drug-likeness (QED) is 0.241. The number of unbranched alkanes of at least 4 members (excludes halogenated alkanes) is 1. The minimum atomic E-state index is -0.514. The normalized spacial score (nSPS) is 10.6. The molecule has 0 aromatic heterocycles. The standard InChI is InChI=1S/C21H24BrN3O4/c1-3-4-10-29-19-9-8-15(11-18(19)22)14-23-25-21(27)13-20(26)24-16-6-5-7-17(12-16)28-2/h5-9,11-12,14H,3-4,10,13H2,1-2H3,(H,24,26)(H,25,27). The monoisotopic (exact) mass is 461 g/mol. The molecule has 0 atom stereocenters. The van der Waals surface area contributed by atoms with Crippen LogP contribution >= 0.6 is 15.9 Å². The molecule has 0 fully saturated rings. The van der Waals surface area contributed by atoms with Gasteiger partial charge in [0, 0.05) is 11.8 Å². The zero-order valence-corrected chi connectivity index (χ0v) is 18.0. The van der Waals surface area contributed by atoms with Crippen LogP contribution in [0.1, 0.15) is 31.7 Å². The average molecular weight is 462 g/mol. The van der Waals surface area contributed by atoms with E-state index >= 15 is 0 Å². The van der Waals surface area contributed by atoms with Crippen LogP contribution in [0.3, 0.4) is 0 Å². The summed E-state index contributed by atoms with van der Waals surface area (Å²) in [4.78, 5) is 23.8. The number of benzene rings is 2. The fraction of sp³-hybridized carbons (Fsp3) is 0.286. The molecular formula is C21H24BrN3O4. The Bertz CT molecular complexity index is 871. The molecule has 0 saturated heterocycles. The minimum Gasteiger partial charge on any atom is -0.497 e. The summed E-state index contributed by atoms with van der Waals surface area (Å²) in [6.45, 7) is 2.77. The fourth-order valence-corrected chi connectivity index (χ4v) is 2.82. The number of halogens is 1. The van der Waals surface area contributed by atoms with Gasteiger partial charge in [0.15, 0.2) is 0 Å². The molecule has 0 saturated carbocycles. The van der Waals surface area contributed by atoms with Crippen molar-refractivity contribution in [2.75, 3.05) is 19.0 Å². The Kier molecular flexibility index (Phi) is 9.17. The highest BCUT2D eigenvalue weighted by Crippen LogP contribution is 2.25. The SMILES string of the molecule is CCCCOc1ccc(C=NNC(=O)CC(=O)Nc2cccc(OC)c2)cc1Br. The third-order valence-corrected chi connectivity index (χ3v) is 4.41. The van der Waals surface area contributed by atoms with Gasteiger partial charge in [0.05, 0.1) is 24.4 Å². The minimum absolute atomic E-state index is 0.345. The molecule has 0 aliphatic heterocycles. The zero-order chi connectivity index (χ0) is 21.1. The molecule has 154 valence electrons. The van der Waals surface area contributed by atoms with Gasteiger partial charge in [-0.3, -0.25) is 9.59 Å². The lowest BCUT2D eigenvalue weighted by molar-refractivity contribution is -0.126. The summed E-state index contributed by atoms with van der Waals surface area (Å²) < 4.78 is 11.6. The van der Waals surface area contributed by atoms with E-state index in [1.807, 2.05) is 18.2 Å². The van der Waals surface area contributed by atoms with Gasteiger partial charge in [-0.05, 0) is 58.2 Å². The van der Waals surface area contributed by atoms with Crippen LogP contribution in [-0.4, -0.2) is 31.7 Å². The molecular weight excluding hydrogens is 438 g/mol. The smallest absolute Gasteiger partial charge is 0.249 e. The number of hydrogen-bond acceptors (Lipinski definition) is 5. The van der Waals surface area contributed by atoms with Crippen molar-refractivity contribution in [3.8, 4) is 11.5 Å². The molecule has 0 radical (unpaired) electrons. The number of amides is 2. The van der Waals surface area contributed by atoms with Gasteiger partial charge < -0.3 is 14.8 Å². The summed E-state index contributed by atoms with van der Waals surface area (Å²) in [5.74, 6) is 0.418. The van der Waals surface area contributed by atoms with E-state index in [0.717, 1.165) is 28.6 Å². The van der Waals surface area contributed by atoms with Crippen molar-refractivity contribution in [1.82, 2.24) is 5.43 Å². The molecule has 7 nitrogen and oxygen atoms in total. The maximum atomic E-state index is 12.0. The van der Waals surface area contributed by atoms with Gasteiger partial charge in [0.2, 0.25) is 11.8 Å². The lowest BCUT2D eigenvalue weighted by Crippen LogP contribution is -2.24. The van der Waals surface area contributed by atoms with Crippen molar-refractivity contribution in [3.05, 3.63) is 52.5 Å². The van der Waals surface area contributed by atoms with E-state index in [1.165, 1.54) is 13.3 Å². The average Bonchev–Trinajstić information content (AvgIpc) is 2.69. The lowest BCUT2D eigenvalue weighted by atomic mass is 10.2. The topological polar surface area (TPSA) is 89.0 Å². The van der Waals surface area contributed by atoms with Crippen molar-refractivity contribution in [2.24, 2.45) is 5.10 Å². The Hall–Kier alpha value is -2.87. The van der Waals surface area contributed by atoms with E-state index in [9.17, 15) is 9.59 Å². The molecule has 0 unspecified atom stereocenters. The summed E-state index contributed by atoms with van der Waals surface area (Å²) in [5.41, 5.74) is 3.68. The second-order valence-electron chi connectivity index (χ2n) is 6.14. The maximum absolute atomic E-state index is 12.0. The highest BCUT2D eigenvalue weighted by molar-refractivity contribution is 9.10. The Morgan fingerprint density at radius 2 is 2.00 bits per heavy atom. The van der Waals surface area contributed by atoms with E-state index in [1.54, 1.807) is 24.3 Å². The summed E-state index contributed by atoms with van der Waals surface area (Å²) in [5, 5.41) is 6.53. The number of nitrogens with one attached hydrogen (secondary N) is 2. The third-order valence-electron chi connectivity index (χ3n) is 3.79. The molecule has 0 aliphatic carbocycles. The maximum Gasteiger partial charge on any atom is 0.249 e. The van der Waals surface area contributed by atoms with Crippen LogP contribution < -0.4 is 20.2 Å². The highest BCUT2D eigenvalue weighted by atomic mass is 79.9. The number of carbonyl (C=O) groups is 2. The van der Waals surface area contributed by atoms with Crippen LogP contribution in [-0.2, 0) is 9.59 Å². The summed E-state index contributed by atoms with van der Waals surface area (Å²) in [6, 6.07) is 12.4. The summed E-state index contributed by atoms with van der Waals surface area (Å²) in [6.07, 6.45) is 3.22. The van der Waals surface area contributed by atoms with E-state index < -0.39 is 11.8 Å². The Labute approximate surface area is 178 Å². The van der Waals surface area contributed by atoms with Crippen LogP contribution in [0.15, 0.2) is 52.0 Å². The number of rotatable bonds is 10. The van der Waals surface area contributed by atoms with Crippen LogP contribution in [0.2, 0.25) is 0 Å². The Morgan fingerprint density at radius 1 is 1.17 bits per heavy atom. The van der Waals surface area contributed by atoms with E-state index in [0.29, 0.717) is 18.0 Å². The van der Waals surface area contributed by atoms with Crippen LogP contribution in [0.25, 0.3) is 0 Å². The van der Waals surface area contributed by atoms with Crippen LogP contribution in [0, 0.1) is 0 Å². The van der Waals surface area contributed by atoms with Crippen molar-refractivity contribution in [3.63, 3.8) is 0 Å². The molecule has 2 aromatic carbocycles. The molecule has 2 N–H and O–H groups in total. The molecule has 8 heteroatoms. The number of hydrogen-bond donors (Lipinski definition) is 2. The van der Waals surface area contributed by atoms with E-state index in [2.05, 4.69) is 38.7 Å². The number of ether oxygens (including phenoxy) is 2. The largest absolute Gasteiger partial charge is 0.497 e. The summed E-state index contributed by atoms with van der Waals surface area (Å²) >= 11 is 3.46. The first-order valence-electron chi connectivity index (χ1n) is 9.20. The Balaban J connectivity index is 1.81. The van der Waals surface area contributed by atoms with Gasteiger partial charge in [0.1, 0.15) is 17.9 Å². The lowest BCUT2D eigenvalue weighted by Gasteiger charge is -2.08. The van der Waals surface area contributed by atoms with Crippen molar-refractivity contribution < 1.29 is 19.1 Å². The number of hydrazone groups is 1. The molecule has 0 aliphatic rings. The molecule has 0 bridgehead atoms. The van der Waals surface area contributed by atoms with Crippen LogP contribution in [0.5, 0.6) is 11.5 Å². The highest BCUT2D eigenvalue weighted by Gasteiger charge is 2.09.